The van der Waals surface area contributed by atoms with Gasteiger partial charge in [-0.25, -0.2) is 0 Å². The van der Waals surface area contributed by atoms with Crippen molar-refractivity contribution >= 4 is 0 Å². The van der Waals surface area contributed by atoms with Crippen LogP contribution in [0.25, 0.3) is 0 Å². The van der Waals surface area contributed by atoms with E-state index >= 15 is 0 Å². The number of ether oxygens (including phenoxy) is 1. The van der Waals surface area contributed by atoms with Crippen LogP contribution in [0.4, 0.5) is 0 Å². The Labute approximate surface area is 80.5 Å². The summed E-state index contributed by atoms with van der Waals surface area (Å²) in [7, 11) is 3.25. The summed E-state index contributed by atoms with van der Waals surface area (Å²) < 4.78 is 4.25. The highest BCUT2D eigenvalue weighted by molar-refractivity contribution is 5.38. The first-order valence-electron chi connectivity index (χ1n) is 3.77. The van der Waals surface area contributed by atoms with Gasteiger partial charge in [0.1, 0.15) is 5.76 Å². The van der Waals surface area contributed by atoms with E-state index in [1.54, 1.807) is 20.3 Å². The predicted molar refractivity (Wildman–Crippen MR) is 57.8 cm³/mol. The van der Waals surface area contributed by atoms with Crippen LogP contribution in [0.2, 0.25) is 0 Å². The van der Waals surface area contributed by atoms with Crippen molar-refractivity contribution in [1.82, 2.24) is 0 Å². The van der Waals surface area contributed by atoms with Crippen molar-refractivity contribution < 1.29 is 9.84 Å². The van der Waals surface area contributed by atoms with Crippen LogP contribution in [0.1, 0.15) is 6.92 Å². The molecule has 0 aliphatic carbocycles. The van der Waals surface area contributed by atoms with Crippen LogP contribution >= 0.6 is 0 Å². The molecule has 74 valence electrons. The quantitative estimate of drug-likeness (QED) is 0.537. The molecular weight excluding hydrogens is 164 g/mol. The smallest absolute Gasteiger partial charge is 0.109 e. The summed E-state index contributed by atoms with van der Waals surface area (Å²) in [6, 6.07) is 0. The Balaban J connectivity index is 0. The fraction of sp³-hybridized carbons (Fsp3) is 0.273. The van der Waals surface area contributed by atoms with Gasteiger partial charge in [-0.1, -0.05) is 31.4 Å². The van der Waals surface area contributed by atoms with Crippen molar-refractivity contribution in [1.29, 1.82) is 0 Å². The Morgan fingerprint density at radius 3 is 1.77 bits per heavy atom. The molecule has 0 aromatic carbocycles. The summed E-state index contributed by atoms with van der Waals surface area (Å²) in [6.07, 6.45) is 3.15. The van der Waals surface area contributed by atoms with Crippen LogP contribution in [0.3, 0.4) is 0 Å². The van der Waals surface area contributed by atoms with E-state index < -0.39 is 0 Å². The first-order valence-corrected chi connectivity index (χ1v) is 3.77. The normalized spacial score (nSPS) is 9.62. The third-order valence-electron chi connectivity index (χ3n) is 1.03. The van der Waals surface area contributed by atoms with Crippen LogP contribution in [-0.2, 0) is 4.74 Å². The van der Waals surface area contributed by atoms with Crippen LogP contribution in [0, 0.1) is 0 Å². The van der Waals surface area contributed by atoms with Crippen molar-refractivity contribution in [3.05, 3.63) is 48.8 Å². The first kappa shape index (κ1) is 14.3. The molecule has 0 spiro atoms. The largest absolute Gasteiger partial charge is 0.509 e. The third-order valence-corrected chi connectivity index (χ3v) is 1.03. The second-order valence-corrected chi connectivity index (χ2v) is 2.48. The molecule has 0 aromatic rings. The Bertz CT molecular complexity index is 212. The highest BCUT2D eigenvalue weighted by Crippen LogP contribution is 2.08. The molecule has 0 fully saturated rings. The Morgan fingerprint density at radius 1 is 1.31 bits per heavy atom. The molecule has 0 saturated carbocycles. The number of methoxy groups -OCH3 is 1. The Hall–Kier alpha value is -1.28. The van der Waals surface area contributed by atoms with Gasteiger partial charge in [0, 0.05) is 14.2 Å². The average molecular weight is 182 g/mol. The molecule has 0 atom stereocenters. The fourth-order valence-corrected chi connectivity index (χ4v) is 0.536. The Morgan fingerprint density at radius 2 is 1.69 bits per heavy atom. The highest BCUT2D eigenvalue weighted by atomic mass is 16.4. The standard InChI is InChI=1S/C9H12O.C2H6O/c1-5-9(7(2)3)6-8(4)10;1-3-2/h5-6,10H,1-2,4H2,3H3;1-2H3/b9-6-;. The third kappa shape index (κ3) is 10.7. The van der Waals surface area contributed by atoms with Gasteiger partial charge in [-0.15, -0.1) is 0 Å². The number of aliphatic hydroxyl groups is 1. The predicted octanol–water partition coefficient (Wildman–Crippen LogP) is 3.01. The van der Waals surface area contributed by atoms with Gasteiger partial charge in [0.05, 0.1) is 0 Å². The van der Waals surface area contributed by atoms with Gasteiger partial charge < -0.3 is 9.84 Å². The molecule has 0 aliphatic rings. The molecule has 0 saturated heterocycles. The van der Waals surface area contributed by atoms with E-state index in [-0.39, 0.29) is 5.76 Å². The average Bonchev–Trinajstić information content (AvgIpc) is 2.00. The zero-order valence-electron chi connectivity index (χ0n) is 8.63. The molecule has 2 heteroatoms. The molecule has 1 N–H and O–H groups in total. The maximum Gasteiger partial charge on any atom is 0.109 e. The van der Waals surface area contributed by atoms with Crippen LogP contribution in [0.5, 0.6) is 0 Å². The molecule has 0 aromatic heterocycles. The van der Waals surface area contributed by atoms with Crippen molar-refractivity contribution in [3.8, 4) is 0 Å². The summed E-state index contributed by atoms with van der Waals surface area (Å²) in [5.74, 6) is 0.0258. The lowest BCUT2D eigenvalue weighted by atomic mass is 10.1. The van der Waals surface area contributed by atoms with Crippen molar-refractivity contribution in [3.63, 3.8) is 0 Å². The molecule has 0 rings (SSSR count). The maximum absolute atomic E-state index is 8.74. The van der Waals surface area contributed by atoms with E-state index in [1.807, 2.05) is 6.92 Å². The molecule has 0 heterocycles. The summed E-state index contributed by atoms with van der Waals surface area (Å²) in [6.45, 7) is 12.4. The van der Waals surface area contributed by atoms with Crippen molar-refractivity contribution in [2.45, 2.75) is 6.92 Å². The van der Waals surface area contributed by atoms with E-state index in [0.717, 1.165) is 11.1 Å². The maximum atomic E-state index is 8.74. The van der Waals surface area contributed by atoms with Crippen LogP contribution in [0.15, 0.2) is 48.8 Å². The molecule has 0 bridgehead atoms. The summed E-state index contributed by atoms with van der Waals surface area (Å²) in [5.41, 5.74) is 1.68. The molecule has 0 aliphatic heterocycles. The van der Waals surface area contributed by atoms with E-state index in [1.165, 1.54) is 6.08 Å². The molecule has 0 unspecified atom stereocenters. The molecule has 0 amide bonds. The summed E-state index contributed by atoms with van der Waals surface area (Å²) in [4.78, 5) is 0. The van der Waals surface area contributed by atoms with Gasteiger partial charge >= 0.3 is 0 Å². The minimum atomic E-state index is 0.0258. The Kier molecular flexibility index (Phi) is 9.66. The number of aliphatic hydroxyl groups excluding tert-OH is 1. The van der Waals surface area contributed by atoms with Crippen LogP contribution in [-0.4, -0.2) is 19.3 Å². The van der Waals surface area contributed by atoms with E-state index in [0.29, 0.717) is 0 Å². The van der Waals surface area contributed by atoms with Gasteiger partial charge in [0.25, 0.3) is 0 Å². The SMILES string of the molecule is C=C/C(=C/C(=C)O)C(=C)C.COC. The molecule has 0 radical (unpaired) electrons. The number of hydrogen-bond acceptors (Lipinski definition) is 2. The van der Waals surface area contributed by atoms with E-state index in [9.17, 15) is 0 Å². The van der Waals surface area contributed by atoms with Crippen molar-refractivity contribution in [2.75, 3.05) is 14.2 Å². The zero-order chi connectivity index (χ0) is 10.9. The summed E-state index contributed by atoms with van der Waals surface area (Å²) in [5, 5.41) is 8.74. The first-order chi connectivity index (χ1) is 5.99. The topological polar surface area (TPSA) is 29.5 Å². The van der Waals surface area contributed by atoms with E-state index in [2.05, 4.69) is 24.5 Å². The van der Waals surface area contributed by atoms with Gasteiger partial charge in [-0.2, -0.15) is 0 Å². The lowest BCUT2D eigenvalue weighted by molar-refractivity contribution is 0.277. The summed E-state index contributed by atoms with van der Waals surface area (Å²) >= 11 is 0. The number of hydrogen-bond donors (Lipinski definition) is 1. The highest BCUT2D eigenvalue weighted by Gasteiger charge is 1.90. The number of allylic oxidation sites excluding steroid dienone is 4. The number of rotatable bonds is 3. The van der Waals surface area contributed by atoms with Crippen LogP contribution < -0.4 is 0 Å². The second-order valence-electron chi connectivity index (χ2n) is 2.48. The van der Waals surface area contributed by atoms with Gasteiger partial charge in [0.15, 0.2) is 0 Å². The molecule has 2 nitrogen and oxygen atoms in total. The van der Waals surface area contributed by atoms with Gasteiger partial charge in [0.2, 0.25) is 0 Å². The van der Waals surface area contributed by atoms with Gasteiger partial charge in [-0.3, -0.25) is 0 Å². The monoisotopic (exact) mass is 182 g/mol. The minimum absolute atomic E-state index is 0.0258. The minimum Gasteiger partial charge on any atom is -0.509 e. The zero-order valence-corrected chi connectivity index (χ0v) is 8.63. The van der Waals surface area contributed by atoms with Gasteiger partial charge in [-0.05, 0) is 18.6 Å². The molecular formula is C11H18O2. The lowest BCUT2D eigenvalue weighted by Crippen LogP contribution is -1.79. The van der Waals surface area contributed by atoms with E-state index in [4.69, 9.17) is 5.11 Å². The lowest BCUT2D eigenvalue weighted by Gasteiger charge is -1.97. The van der Waals surface area contributed by atoms with Crippen molar-refractivity contribution in [2.24, 2.45) is 0 Å². The second kappa shape index (κ2) is 8.81. The molecule has 13 heavy (non-hydrogen) atoms. The fourth-order valence-electron chi connectivity index (χ4n) is 0.536.